The van der Waals surface area contributed by atoms with Gasteiger partial charge in [0.25, 0.3) is 11.5 Å². The van der Waals surface area contributed by atoms with Crippen LogP contribution in [-0.2, 0) is 30.5 Å². The number of aromatic amines is 1. The van der Waals surface area contributed by atoms with Gasteiger partial charge in [0, 0.05) is 29.8 Å². The minimum Gasteiger partial charge on any atom is -0.481 e. The number of rotatable bonds is 16. The second-order valence-corrected chi connectivity index (χ2v) is 10.2. The molecule has 18 heteroatoms. The zero-order chi connectivity index (χ0) is 34.0. The number of nitrogen functional groups attached to an aromatic ring is 1. The number of hydrogen-bond acceptors (Lipinski definition) is 11. The number of benzene rings is 1. The molecule has 1 aromatic carbocycles. The van der Waals surface area contributed by atoms with Gasteiger partial charge >= 0.3 is 17.9 Å². The van der Waals surface area contributed by atoms with Crippen LogP contribution in [0.1, 0.15) is 48.7 Å². The molecule has 0 aliphatic rings. The summed E-state index contributed by atoms with van der Waals surface area (Å²) in [5.74, 6) is -6.39. The van der Waals surface area contributed by atoms with Gasteiger partial charge in [-0.05, 0) is 37.6 Å². The Morgan fingerprint density at radius 2 is 1.61 bits per heavy atom. The topological polar surface area (TPSA) is 296 Å². The Hall–Kier alpha value is -6.07. The van der Waals surface area contributed by atoms with E-state index in [9.17, 15) is 38.7 Å². The average Bonchev–Trinajstić information content (AvgIpc) is 2.97. The van der Waals surface area contributed by atoms with Gasteiger partial charge in [-0.1, -0.05) is 0 Å². The molecule has 10 N–H and O–H groups in total. The number of fused-ring (bicyclic) bond motifs is 1. The van der Waals surface area contributed by atoms with Gasteiger partial charge in [0.2, 0.25) is 11.8 Å². The number of nitrogens with one attached hydrogen (secondary N) is 5. The Bertz CT molecular complexity index is 1690. The van der Waals surface area contributed by atoms with Crippen LogP contribution in [0.4, 0.5) is 11.5 Å². The first-order valence-electron chi connectivity index (χ1n) is 13.8. The summed E-state index contributed by atoms with van der Waals surface area (Å²) in [6, 6.07) is 3.59. The number of carbonyl (C=O) groups excluding carboxylic acids is 3. The van der Waals surface area contributed by atoms with E-state index in [2.05, 4.69) is 36.2 Å². The number of pyridine rings is 1. The van der Waals surface area contributed by atoms with E-state index in [0.29, 0.717) is 16.9 Å². The lowest BCUT2D eigenvalue weighted by Gasteiger charge is -2.20. The van der Waals surface area contributed by atoms with Gasteiger partial charge in [0.15, 0.2) is 5.52 Å². The zero-order valence-corrected chi connectivity index (χ0v) is 24.4. The first-order valence-corrected chi connectivity index (χ1v) is 13.8. The summed E-state index contributed by atoms with van der Waals surface area (Å²) in [4.78, 5) is 94.3. The van der Waals surface area contributed by atoms with Gasteiger partial charge in [-0.3, -0.25) is 33.8 Å². The van der Waals surface area contributed by atoms with E-state index in [1.807, 2.05) is 0 Å². The summed E-state index contributed by atoms with van der Waals surface area (Å²) >= 11 is 0. The summed E-state index contributed by atoms with van der Waals surface area (Å²) in [5, 5.41) is 37.4. The largest absolute Gasteiger partial charge is 0.481 e. The Balaban J connectivity index is 1.54. The molecule has 3 atom stereocenters. The molecule has 0 radical (unpaired) electrons. The van der Waals surface area contributed by atoms with Crippen molar-refractivity contribution in [1.29, 1.82) is 0 Å². The molecule has 3 rings (SSSR count). The average molecular weight is 641 g/mol. The standard InChI is InChI=1S/C28H32N8O10/c1-13(8-22(38)39)32-26(43)19(10-23(40)41)34-21(37)7-6-17(28(45)46)35-25(42)14-2-4-15(5-3-14)30-11-16-12-31-18-9-20(29)36-27(44)24(18)33-16/h2-5,9,12-13,17,19,30H,6-8,10-11H2,1H3,(H,32,43)(H,34,37)(H,35,42)(H,38,39)(H,40,41)(H,45,46)(H3,29,36,44)/t13-,17+,19+/m1/s1. The fourth-order valence-electron chi connectivity index (χ4n) is 4.18. The molecule has 244 valence electrons. The lowest BCUT2D eigenvalue weighted by molar-refractivity contribution is -0.142. The van der Waals surface area contributed by atoms with Gasteiger partial charge in [0.05, 0.1) is 36.8 Å². The molecule has 18 nitrogen and oxygen atoms in total. The number of nitrogens with zero attached hydrogens (tertiary/aromatic N) is 2. The molecule has 0 bridgehead atoms. The van der Waals surface area contributed by atoms with Gasteiger partial charge in [0.1, 0.15) is 17.9 Å². The lowest BCUT2D eigenvalue weighted by atomic mass is 10.1. The predicted octanol–water partition coefficient (Wildman–Crippen LogP) is -0.585. The summed E-state index contributed by atoms with van der Waals surface area (Å²) in [7, 11) is 0. The van der Waals surface area contributed by atoms with Crippen LogP contribution in [0.15, 0.2) is 41.3 Å². The number of nitrogens with two attached hydrogens (primary N) is 1. The van der Waals surface area contributed by atoms with E-state index in [4.69, 9.17) is 15.9 Å². The van der Waals surface area contributed by atoms with E-state index in [1.165, 1.54) is 31.3 Å². The zero-order valence-electron chi connectivity index (χ0n) is 24.4. The highest BCUT2D eigenvalue weighted by molar-refractivity contribution is 5.97. The third-order valence-corrected chi connectivity index (χ3v) is 6.40. The van der Waals surface area contributed by atoms with Gasteiger partial charge in [-0.15, -0.1) is 0 Å². The van der Waals surface area contributed by atoms with Crippen LogP contribution in [0.2, 0.25) is 0 Å². The molecule has 2 heterocycles. The second-order valence-electron chi connectivity index (χ2n) is 10.2. The maximum absolute atomic E-state index is 12.7. The number of H-pyrrole nitrogens is 1. The highest BCUT2D eigenvalue weighted by Crippen LogP contribution is 2.13. The van der Waals surface area contributed by atoms with Crippen molar-refractivity contribution in [2.24, 2.45) is 0 Å². The smallest absolute Gasteiger partial charge is 0.326 e. The molecule has 0 unspecified atom stereocenters. The van der Waals surface area contributed by atoms with Crippen LogP contribution < -0.4 is 32.6 Å². The summed E-state index contributed by atoms with van der Waals surface area (Å²) in [5.41, 5.74) is 6.75. The van der Waals surface area contributed by atoms with Crippen LogP contribution in [0.25, 0.3) is 11.0 Å². The van der Waals surface area contributed by atoms with Crippen molar-refractivity contribution in [1.82, 2.24) is 30.9 Å². The van der Waals surface area contributed by atoms with Crippen LogP contribution in [0.5, 0.6) is 0 Å². The second kappa shape index (κ2) is 15.6. The van der Waals surface area contributed by atoms with E-state index in [-0.39, 0.29) is 29.9 Å². The molecule has 3 aromatic rings. The number of hydrogen-bond donors (Lipinski definition) is 9. The predicted molar refractivity (Wildman–Crippen MR) is 161 cm³/mol. The van der Waals surface area contributed by atoms with Crippen LogP contribution >= 0.6 is 0 Å². The Kier molecular flexibility index (Phi) is 11.7. The Labute approximate surface area is 259 Å². The van der Waals surface area contributed by atoms with E-state index >= 15 is 0 Å². The fraction of sp³-hybridized carbons (Fsp3) is 0.321. The third-order valence-electron chi connectivity index (χ3n) is 6.40. The molecule has 0 saturated carbocycles. The maximum atomic E-state index is 12.7. The number of aliphatic carboxylic acids is 3. The van der Waals surface area contributed by atoms with Crippen LogP contribution in [-0.4, -0.2) is 84.0 Å². The van der Waals surface area contributed by atoms with E-state index in [0.717, 1.165) is 0 Å². The third kappa shape index (κ3) is 10.3. The first kappa shape index (κ1) is 34.4. The molecule has 0 fully saturated rings. The van der Waals surface area contributed by atoms with E-state index < -0.39 is 78.6 Å². The molecule has 3 amide bonds. The fourth-order valence-corrected chi connectivity index (χ4v) is 4.18. The molecule has 0 aliphatic carbocycles. The summed E-state index contributed by atoms with van der Waals surface area (Å²) in [6.45, 7) is 1.58. The van der Waals surface area contributed by atoms with Crippen LogP contribution in [0.3, 0.4) is 0 Å². The van der Waals surface area contributed by atoms with Crippen molar-refractivity contribution in [3.63, 3.8) is 0 Å². The summed E-state index contributed by atoms with van der Waals surface area (Å²) in [6.07, 6.45) is -0.617. The van der Waals surface area contributed by atoms with Crippen LogP contribution in [0, 0.1) is 0 Å². The number of carbonyl (C=O) groups is 6. The normalized spacial score (nSPS) is 12.7. The van der Waals surface area contributed by atoms with E-state index in [1.54, 1.807) is 12.1 Å². The molecule has 0 saturated heterocycles. The summed E-state index contributed by atoms with van der Waals surface area (Å²) < 4.78 is 0. The molecule has 2 aromatic heterocycles. The molecule has 46 heavy (non-hydrogen) atoms. The highest BCUT2D eigenvalue weighted by atomic mass is 16.4. The molecular formula is C28H32N8O10. The van der Waals surface area contributed by atoms with Crippen molar-refractivity contribution in [2.75, 3.05) is 11.1 Å². The quantitative estimate of drug-likeness (QED) is 0.0946. The first-order chi connectivity index (χ1) is 21.7. The number of carboxylic acids is 3. The van der Waals surface area contributed by atoms with Gasteiger partial charge in [-0.2, -0.15) is 0 Å². The lowest BCUT2D eigenvalue weighted by Crippen LogP contribution is -2.50. The Morgan fingerprint density at radius 1 is 0.935 bits per heavy atom. The number of anilines is 2. The highest BCUT2D eigenvalue weighted by Gasteiger charge is 2.27. The minimum atomic E-state index is -1.54. The molecular weight excluding hydrogens is 608 g/mol. The number of aromatic nitrogens is 3. The maximum Gasteiger partial charge on any atom is 0.326 e. The van der Waals surface area contributed by atoms with Crippen molar-refractivity contribution >= 4 is 58.2 Å². The van der Waals surface area contributed by atoms with Gasteiger partial charge in [-0.25, -0.2) is 9.78 Å². The molecule has 0 aliphatic heterocycles. The van der Waals surface area contributed by atoms with Gasteiger partial charge < -0.3 is 47.3 Å². The monoisotopic (exact) mass is 640 g/mol. The van der Waals surface area contributed by atoms with Crippen molar-refractivity contribution in [2.45, 2.75) is 57.3 Å². The number of amides is 3. The van der Waals surface area contributed by atoms with Crippen molar-refractivity contribution in [3.8, 4) is 0 Å². The SMILES string of the molecule is C[C@H](CC(=O)O)NC(=O)[C@H](CC(=O)O)NC(=O)CC[C@H](NC(=O)c1ccc(NCc2cnc3cc(N)[nH]c(=O)c3n2)cc1)C(=O)O. The molecule has 0 spiro atoms. The Morgan fingerprint density at radius 3 is 2.24 bits per heavy atom. The minimum absolute atomic E-state index is 0.115. The van der Waals surface area contributed by atoms with Crippen molar-refractivity contribution < 1.29 is 44.1 Å². The van der Waals surface area contributed by atoms with Crippen molar-refractivity contribution in [3.05, 3.63) is 58.1 Å². The number of carboxylic acid groups (broad SMARTS) is 3.